The molecule has 0 aliphatic rings. The molecule has 6 nitrogen and oxygen atoms in total. The monoisotopic (exact) mass is 271 g/mol. The van der Waals surface area contributed by atoms with Crippen LogP contribution in [0.4, 0.5) is 0 Å². The summed E-state index contributed by atoms with van der Waals surface area (Å²) in [6.07, 6.45) is 0. The molecule has 100 valence electrons. The molecule has 0 heterocycles. The van der Waals surface area contributed by atoms with Crippen LogP contribution in [0.1, 0.15) is 11.6 Å². The lowest BCUT2D eigenvalue weighted by Crippen LogP contribution is -2.38. The van der Waals surface area contributed by atoms with Crippen molar-refractivity contribution in [3.63, 3.8) is 0 Å². The van der Waals surface area contributed by atoms with E-state index >= 15 is 0 Å². The average molecular weight is 271 g/mol. The van der Waals surface area contributed by atoms with E-state index in [9.17, 15) is 13.2 Å². The summed E-state index contributed by atoms with van der Waals surface area (Å²) in [5, 5.41) is 2.49. The third kappa shape index (κ3) is 4.44. The van der Waals surface area contributed by atoms with Crippen LogP contribution >= 0.6 is 0 Å². The van der Waals surface area contributed by atoms with E-state index in [-0.39, 0.29) is 12.3 Å². The van der Waals surface area contributed by atoms with Crippen LogP contribution in [-0.2, 0) is 14.8 Å². The molecule has 0 aliphatic heterocycles. The average Bonchev–Trinajstić information content (AvgIpc) is 2.38. The van der Waals surface area contributed by atoms with Crippen molar-refractivity contribution in [3.8, 4) is 0 Å². The summed E-state index contributed by atoms with van der Waals surface area (Å²) in [7, 11) is -1.98. The van der Waals surface area contributed by atoms with Crippen LogP contribution in [0, 0.1) is 0 Å². The quantitative estimate of drug-likeness (QED) is 0.640. The van der Waals surface area contributed by atoms with E-state index in [1.165, 1.54) is 7.05 Å². The second-order valence-electron chi connectivity index (χ2n) is 3.70. The molecule has 1 aromatic carbocycles. The zero-order chi connectivity index (χ0) is 13.6. The Morgan fingerprint density at radius 3 is 2.50 bits per heavy atom. The van der Waals surface area contributed by atoms with Crippen molar-refractivity contribution in [2.24, 2.45) is 5.73 Å². The fourth-order valence-electron chi connectivity index (χ4n) is 1.33. The maximum atomic E-state index is 11.7. The van der Waals surface area contributed by atoms with Crippen LogP contribution in [0.15, 0.2) is 30.3 Å². The third-order valence-electron chi connectivity index (χ3n) is 2.42. The molecular formula is C11H17N3O3S. The summed E-state index contributed by atoms with van der Waals surface area (Å²) in [6.45, 7) is 0.0303. The molecule has 0 bridgehead atoms. The highest BCUT2D eigenvalue weighted by molar-refractivity contribution is 7.89. The fraction of sp³-hybridized carbons (Fsp3) is 0.364. The van der Waals surface area contributed by atoms with Crippen molar-refractivity contribution in [3.05, 3.63) is 35.9 Å². The van der Waals surface area contributed by atoms with Gasteiger partial charge in [0, 0.05) is 6.54 Å². The Kier molecular flexibility index (Phi) is 5.26. The number of sulfonamides is 1. The van der Waals surface area contributed by atoms with E-state index in [4.69, 9.17) is 5.73 Å². The van der Waals surface area contributed by atoms with Gasteiger partial charge in [-0.2, -0.15) is 0 Å². The fourth-order valence-corrected chi connectivity index (χ4v) is 1.91. The number of carbonyl (C=O) groups excluding carboxylic acids is 1. The predicted molar refractivity (Wildman–Crippen MR) is 69.2 cm³/mol. The van der Waals surface area contributed by atoms with Gasteiger partial charge in [-0.05, 0) is 12.6 Å². The van der Waals surface area contributed by atoms with E-state index in [0.29, 0.717) is 5.56 Å². The lowest BCUT2D eigenvalue weighted by Gasteiger charge is -2.12. The van der Waals surface area contributed by atoms with Crippen molar-refractivity contribution in [1.82, 2.24) is 10.0 Å². The van der Waals surface area contributed by atoms with Crippen molar-refractivity contribution >= 4 is 15.9 Å². The van der Waals surface area contributed by atoms with Gasteiger partial charge in [-0.1, -0.05) is 30.3 Å². The Bertz CT molecular complexity index is 488. The van der Waals surface area contributed by atoms with Gasteiger partial charge < -0.3 is 11.1 Å². The van der Waals surface area contributed by atoms with Gasteiger partial charge in [0.15, 0.2) is 0 Å². The van der Waals surface area contributed by atoms with E-state index in [0.717, 1.165) is 0 Å². The van der Waals surface area contributed by atoms with E-state index < -0.39 is 22.0 Å². The number of amides is 1. The van der Waals surface area contributed by atoms with Crippen LogP contribution in [0.25, 0.3) is 0 Å². The maximum Gasteiger partial charge on any atom is 0.241 e. The summed E-state index contributed by atoms with van der Waals surface area (Å²) >= 11 is 0. The van der Waals surface area contributed by atoms with E-state index in [1.54, 1.807) is 24.3 Å². The van der Waals surface area contributed by atoms with Crippen LogP contribution < -0.4 is 15.8 Å². The number of rotatable bonds is 6. The molecule has 1 atom stereocenters. The minimum Gasteiger partial charge on any atom is -0.353 e. The summed E-state index contributed by atoms with van der Waals surface area (Å²) in [5.74, 6) is -0.566. The largest absolute Gasteiger partial charge is 0.353 e. The Labute approximate surface area is 107 Å². The van der Waals surface area contributed by atoms with Crippen LogP contribution in [0.5, 0.6) is 0 Å². The molecule has 0 spiro atoms. The molecule has 18 heavy (non-hydrogen) atoms. The van der Waals surface area contributed by atoms with Crippen molar-refractivity contribution in [2.75, 3.05) is 19.3 Å². The smallest absolute Gasteiger partial charge is 0.241 e. The number of nitrogens with two attached hydrogens (primary N) is 1. The molecule has 1 aromatic rings. The zero-order valence-electron chi connectivity index (χ0n) is 10.1. The van der Waals surface area contributed by atoms with Gasteiger partial charge in [-0.25, -0.2) is 13.1 Å². The summed E-state index contributed by atoms with van der Waals surface area (Å²) in [5.41, 5.74) is 6.43. The first-order valence-electron chi connectivity index (χ1n) is 5.46. The highest BCUT2D eigenvalue weighted by Crippen LogP contribution is 2.08. The number of carbonyl (C=O) groups is 1. The number of benzene rings is 1. The lowest BCUT2D eigenvalue weighted by atomic mass is 10.1. The van der Waals surface area contributed by atoms with Crippen LogP contribution in [0.3, 0.4) is 0 Å². The zero-order valence-corrected chi connectivity index (χ0v) is 10.9. The Balaban J connectivity index is 2.47. The number of hydrogen-bond acceptors (Lipinski definition) is 4. The first-order chi connectivity index (χ1) is 8.46. The molecule has 0 saturated heterocycles. The van der Waals surface area contributed by atoms with Gasteiger partial charge >= 0.3 is 0 Å². The van der Waals surface area contributed by atoms with Gasteiger partial charge in [0.2, 0.25) is 15.9 Å². The minimum absolute atomic E-state index is 0.0303. The molecule has 0 aromatic heterocycles. The SMILES string of the molecule is CNS(=O)(=O)CCNC(=O)[C@H](N)c1ccccc1. The van der Waals surface area contributed by atoms with Crippen molar-refractivity contribution < 1.29 is 13.2 Å². The highest BCUT2D eigenvalue weighted by Gasteiger charge is 2.15. The summed E-state index contributed by atoms with van der Waals surface area (Å²) < 4.78 is 24.4. The maximum absolute atomic E-state index is 11.7. The summed E-state index contributed by atoms with van der Waals surface area (Å²) in [4.78, 5) is 11.7. The molecule has 4 N–H and O–H groups in total. The molecule has 0 radical (unpaired) electrons. The predicted octanol–water partition coefficient (Wildman–Crippen LogP) is -0.648. The number of hydrogen-bond donors (Lipinski definition) is 3. The molecule has 0 saturated carbocycles. The summed E-state index contributed by atoms with van der Waals surface area (Å²) in [6, 6.07) is 8.10. The minimum atomic E-state index is -3.31. The van der Waals surface area contributed by atoms with Gasteiger partial charge in [-0.15, -0.1) is 0 Å². The first kappa shape index (κ1) is 14.6. The highest BCUT2D eigenvalue weighted by atomic mass is 32.2. The normalized spacial score (nSPS) is 13.0. The molecule has 1 rings (SSSR count). The molecular weight excluding hydrogens is 254 g/mol. The van der Waals surface area contributed by atoms with Crippen molar-refractivity contribution in [2.45, 2.75) is 6.04 Å². The van der Waals surface area contributed by atoms with Gasteiger partial charge in [0.1, 0.15) is 6.04 Å². The van der Waals surface area contributed by atoms with E-state index in [2.05, 4.69) is 10.0 Å². The van der Waals surface area contributed by atoms with Gasteiger partial charge in [0.25, 0.3) is 0 Å². The Morgan fingerprint density at radius 2 is 1.94 bits per heavy atom. The lowest BCUT2D eigenvalue weighted by molar-refractivity contribution is -0.122. The molecule has 0 aliphatic carbocycles. The number of nitrogens with one attached hydrogen (secondary N) is 2. The van der Waals surface area contributed by atoms with Crippen LogP contribution in [0.2, 0.25) is 0 Å². The third-order valence-corrected chi connectivity index (χ3v) is 3.79. The molecule has 0 unspecified atom stereocenters. The first-order valence-corrected chi connectivity index (χ1v) is 7.11. The van der Waals surface area contributed by atoms with Crippen LogP contribution in [-0.4, -0.2) is 33.7 Å². The van der Waals surface area contributed by atoms with Crippen molar-refractivity contribution in [1.29, 1.82) is 0 Å². The van der Waals surface area contributed by atoms with Gasteiger partial charge in [0.05, 0.1) is 5.75 Å². The second kappa shape index (κ2) is 6.48. The standard InChI is InChI=1S/C11H17N3O3S/c1-13-18(16,17)8-7-14-11(15)10(12)9-5-3-2-4-6-9/h2-6,10,13H,7-8,12H2,1H3,(H,14,15)/t10-/m1/s1. The van der Waals surface area contributed by atoms with E-state index in [1.807, 2.05) is 6.07 Å². The topological polar surface area (TPSA) is 101 Å². The Hall–Kier alpha value is -1.44. The molecule has 7 heteroatoms. The second-order valence-corrected chi connectivity index (χ2v) is 5.75. The Morgan fingerprint density at radius 1 is 1.33 bits per heavy atom. The van der Waals surface area contributed by atoms with Gasteiger partial charge in [-0.3, -0.25) is 4.79 Å². The molecule has 1 amide bonds. The molecule has 0 fully saturated rings.